The predicted octanol–water partition coefficient (Wildman–Crippen LogP) is 4.16. The fourth-order valence-electron chi connectivity index (χ4n) is 4.88. The second-order valence-corrected chi connectivity index (χ2v) is 8.47. The lowest BCUT2D eigenvalue weighted by atomic mass is 9.86. The molecule has 2 aliphatic rings. The molecule has 0 radical (unpaired) electrons. The molecule has 0 saturated heterocycles. The van der Waals surface area contributed by atoms with Crippen LogP contribution in [0.4, 0.5) is 11.5 Å². The summed E-state index contributed by atoms with van der Waals surface area (Å²) in [6.45, 7) is 4.25. The van der Waals surface area contributed by atoms with Gasteiger partial charge in [0, 0.05) is 25.0 Å². The van der Waals surface area contributed by atoms with Gasteiger partial charge < -0.3 is 10.3 Å². The van der Waals surface area contributed by atoms with Gasteiger partial charge in [-0.3, -0.25) is 14.4 Å². The molecule has 146 valence electrons. The summed E-state index contributed by atoms with van der Waals surface area (Å²) in [7, 11) is 2.13. The van der Waals surface area contributed by atoms with Crippen LogP contribution in [0.5, 0.6) is 0 Å². The van der Waals surface area contributed by atoms with Crippen LogP contribution in [0, 0.1) is 5.92 Å². The van der Waals surface area contributed by atoms with E-state index in [-0.39, 0.29) is 5.56 Å². The Hall–Kier alpha value is -2.60. The fourth-order valence-corrected chi connectivity index (χ4v) is 4.88. The summed E-state index contributed by atoms with van der Waals surface area (Å²) in [5.41, 5.74) is 4.53. The molecular formula is C22H27N5O. The van der Waals surface area contributed by atoms with Gasteiger partial charge in [0.25, 0.3) is 5.56 Å². The van der Waals surface area contributed by atoms with Crippen molar-refractivity contribution < 1.29 is 0 Å². The highest BCUT2D eigenvalue weighted by molar-refractivity contribution is 5.91. The molecule has 0 bridgehead atoms. The van der Waals surface area contributed by atoms with Crippen LogP contribution >= 0.6 is 0 Å². The first-order valence-electron chi connectivity index (χ1n) is 10.3. The van der Waals surface area contributed by atoms with Crippen LogP contribution < -0.4 is 10.9 Å². The van der Waals surface area contributed by atoms with Crippen LogP contribution in [0.3, 0.4) is 0 Å². The van der Waals surface area contributed by atoms with Gasteiger partial charge in [0.05, 0.1) is 11.6 Å². The molecule has 1 saturated carbocycles. The maximum absolute atomic E-state index is 12.6. The molecule has 0 spiro atoms. The standard InChI is InChI=1S/C22H27N5O/c1-14-5-3-4-6-18(14)27-19-9-10-23-22(28)20(19)21(25-27)24-17-8-7-15-12-26(2)13-16(15)11-17/h7-11,14,18H,3-6,12-13H2,1-2H3,(H,23,28)(H,24,25)/t14-,18-/m0/s1. The molecule has 0 unspecified atom stereocenters. The third kappa shape index (κ3) is 2.92. The molecule has 2 aromatic heterocycles. The van der Waals surface area contributed by atoms with E-state index >= 15 is 0 Å². The van der Waals surface area contributed by atoms with Crippen molar-refractivity contribution in [2.75, 3.05) is 12.4 Å². The molecule has 6 nitrogen and oxygen atoms in total. The summed E-state index contributed by atoms with van der Waals surface area (Å²) in [6.07, 6.45) is 6.57. The molecule has 5 rings (SSSR count). The lowest BCUT2D eigenvalue weighted by Crippen LogP contribution is -2.22. The minimum Gasteiger partial charge on any atom is -0.338 e. The quantitative estimate of drug-likeness (QED) is 0.719. The van der Waals surface area contributed by atoms with Crippen LogP contribution in [0.2, 0.25) is 0 Å². The second-order valence-electron chi connectivity index (χ2n) is 8.47. The van der Waals surface area contributed by atoms with Gasteiger partial charge in [-0.05, 0) is 55.1 Å². The van der Waals surface area contributed by atoms with Crippen molar-refractivity contribution in [3.63, 3.8) is 0 Å². The van der Waals surface area contributed by atoms with Crippen molar-refractivity contribution in [1.82, 2.24) is 19.7 Å². The first-order valence-corrected chi connectivity index (χ1v) is 10.3. The number of benzene rings is 1. The molecule has 3 aromatic rings. The maximum Gasteiger partial charge on any atom is 0.261 e. The van der Waals surface area contributed by atoms with Crippen molar-refractivity contribution >= 4 is 22.4 Å². The van der Waals surface area contributed by atoms with Gasteiger partial charge in [0.2, 0.25) is 0 Å². The van der Waals surface area contributed by atoms with Gasteiger partial charge in [-0.25, -0.2) is 0 Å². The first kappa shape index (κ1) is 17.5. The number of H-pyrrole nitrogens is 1. The average Bonchev–Trinajstić information content (AvgIpc) is 3.22. The van der Waals surface area contributed by atoms with Crippen molar-refractivity contribution in [3.8, 4) is 0 Å². The minimum atomic E-state index is -0.0874. The zero-order valence-corrected chi connectivity index (χ0v) is 16.5. The Kier molecular flexibility index (Phi) is 4.23. The fraction of sp³-hybridized carbons (Fsp3) is 0.455. The zero-order chi connectivity index (χ0) is 19.3. The second kappa shape index (κ2) is 6.78. The van der Waals surface area contributed by atoms with Gasteiger partial charge >= 0.3 is 0 Å². The zero-order valence-electron chi connectivity index (χ0n) is 16.5. The highest BCUT2D eigenvalue weighted by atomic mass is 16.1. The number of pyridine rings is 1. The van der Waals surface area contributed by atoms with E-state index in [1.807, 2.05) is 6.07 Å². The van der Waals surface area contributed by atoms with Crippen LogP contribution in [-0.2, 0) is 13.1 Å². The molecule has 1 aliphatic carbocycles. The van der Waals surface area contributed by atoms with Gasteiger partial charge in [-0.2, -0.15) is 5.10 Å². The number of aromatic amines is 1. The number of rotatable bonds is 3. The van der Waals surface area contributed by atoms with Crippen molar-refractivity contribution in [2.45, 2.75) is 51.7 Å². The Bertz CT molecular complexity index is 1080. The lowest BCUT2D eigenvalue weighted by Gasteiger charge is -2.29. The molecule has 3 heterocycles. The van der Waals surface area contributed by atoms with Gasteiger partial charge in [0.15, 0.2) is 5.82 Å². The molecule has 2 atom stereocenters. The van der Waals surface area contributed by atoms with E-state index in [1.165, 1.54) is 30.4 Å². The largest absolute Gasteiger partial charge is 0.338 e. The molecule has 2 N–H and O–H groups in total. The smallest absolute Gasteiger partial charge is 0.261 e. The molecule has 1 aromatic carbocycles. The van der Waals surface area contributed by atoms with Crippen LogP contribution in [0.25, 0.3) is 10.9 Å². The molecule has 28 heavy (non-hydrogen) atoms. The summed E-state index contributed by atoms with van der Waals surface area (Å²) in [4.78, 5) is 17.8. The Morgan fingerprint density at radius 2 is 1.96 bits per heavy atom. The molecule has 1 fully saturated rings. The first-order chi connectivity index (χ1) is 13.6. The minimum absolute atomic E-state index is 0.0874. The molecular weight excluding hydrogens is 350 g/mol. The normalized spacial score (nSPS) is 22.5. The van der Waals surface area contributed by atoms with Gasteiger partial charge in [-0.1, -0.05) is 25.8 Å². The summed E-state index contributed by atoms with van der Waals surface area (Å²) in [6, 6.07) is 8.77. The maximum atomic E-state index is 12.6. The number of fused-ring (bicyclic) bond motifs is 2. The van der Waals surface area contributed by atoms with Crippen LogP contribution in [0.1, 0.15) is 49.8 Å². The van der Waals surface area contributed by atoms with E-state index in [0.29, 0.717) is 23.2 Å². The lowest BCUT2D eigenvalue weighted by molar-refractivity contribution is 0.246. The van der Waals surface area contributed by atoms with E-state index < -0.39 is 0 Å². The highest BCUT2D eigenvalue weighted by Crippen LogP contribution is 2.36. The Morgan fingerprint density at radius 1 is 1.14 bits per heavy atom. The number of hydrogen-bond donors (Lipinski definition) is 2. The Balaban J connectivity index is 1.56. The van der Waals surface area contributed by atoms with Gasteiger partial charge in [0.1, 0.15) is 5.39 Å². The summed E-state index contributed by atoms with van der Waals surface area (Å²) in [5, 5.41) is 8.99. The van der Waals surface area contributed by atoms with Crippen molar-refractivity contribution in [2.24, 2.45) is 5.92 Å². The van der Waals surface area contributed by atoms with Crippen molar-refractivity contribution in [1.29, 1.82) is 0 Å². The molecule has 0 amide bonds. The predicted molar refractivity (Wildman–Crippen MR) is 112 cm³/mol. The van der Waals surface area contributed by atoms with E-state index in [1.54, 1.807) is 6.20 Å². The number of nitrogens with zero attached hydrogens (tertiary/aromatic N) is 3. The summed E-state index contributed by atoms with van der Waals surface area (Å²) >= 11 is 0. The third-order valence-corrected chi connectivity index (χ3v) is 6.36. The van der Waals surface area contributed by atoms with E-state index in [9.17, 15) is 4.79 Å². The van der Waals surface area contributed by atoms with Gasteiger partial charge in [-0.15, -0.1) is 0 Å². The number of aromatic nitrogens is 3. The third-order valence-electron chi connectivity index (χ3n) is 6.36. The molecule has 6 heteroatoms. The SMILES string of the molecule is C[C@H]1CCCC[C@@H]1n1nc(Nc2ccc3c(c2)CN(C)C3)c2c(=O)[nH]ccc21. The highest BCUT2D eigenvalue weighted by Gasteiger charge is 2.27. The Morgan fingerprint density at radius 3 is 2.82 bits per heavy atom. The van der Waals surface area contributed by atoms with Crippen molar-refractivity contribution in [3.05, 3.63) is 51.9 Å². The number of nitrogens with one attached hydrogen (secondary N) is 2. The van der Waals surface area contributed by atoms with Crippen LogP contribution in [0.15, 0.2) is 35.3 Å². The Labute approximate surface area is 164 Å². The summed E-state index contributed by atoms with van der Waals surface area (Å²) in [5.74, 6) is 1.22. The number of anilines is 2. The monoisotopic (exact) mass is 377 g/mol. The topological polar surface area (TPSA) is 66.0 Å². The number of hydrogen-bond acceptors (Lipinski definition) is 4. The van der Waals surface area contributed by atoms with E-state index in [4.69, 9.17) is 5.10 Å². The van der Waals surface area contributed by atoms with Crippen LogP contribution in [-0.4, -0.2) is 26.7 Å². The van der Waals surface area contributed by atoms with E-state index in [2.05, 4.69) is 52.1 Å². The average molecular weight is 377 g/mol. The molecule has 1 aliphatic heterocycles. The summed E-state index contributed by atoms with van der Waals surface area (Å²) < 4.78 is 2.10. The van der Waals surface area contributed by atoms with E-state index in [0.717, 1.165) is 30.7 Å².